The second-order valence-electron chi connectivity index (χ2n) is 6.20. The van der Waals surface area contributed by atoms with Crippen LogP contribution in [0.1, 0.15) is 6.42 Å². The molecule has 152 valence electrons. The van der Waals surface area contributed by atoms with Crippen LogP contribution in [0.5, 0.6) is 0 Å². The monoisotopic (exact) mass is 472 g/mol. The summed E-state index contributed by atoms with van der Waals surface area (Å²) in [7, 11) is -4.24. The van der Waals surface area contributed by atoms with Crippen molar-refractivity contribution in [2.24, 2.45) is 0 Å². The first-order chi connectivity index (χ1) is 13.7. The van der Waals surface area contributed by atoms with E-state index in [0.717, 1.165) is 9.21 Å². The van der Waals surface area contributed by atoms with Crippen molar-refractivity contribution in [1.29, 1.82) is 0 Å². The van der Waals surface area contributed by atoms with Gasteiger partial charge in [0.05, 0.1) is 17.1 Å². The lowest BCUT2D eigenvalue weighted by atomic mass is 10.2. The molecule has 1 aliphatic heterocycles. The smallest absolute Gasteiger partial charge is 0.252 e. The van der Waals surface area contributed by atoms with Gasteiger partial charge in [-0.3, -0.25) is 9.59 Å². The average Bonchev–Trinajstić information content (AvgIpc) is 2.96. The maximum absolute atomic E-state index is 13.3. The Morgan fingerprint density at radius 1 is 1.07 bits per heavy atom. The summed E-state index contributed by atoms with van der Waals surface area (Å²) in [4.78, 5) is 26.3. The van der Waals surface area contributed by atoms with Gasteiger partial charge in [0.2, 0.25) is 15.9 Å². The van der Waals surface area contributed by atoms with Gasteiger partial charge in [0.25, 0.3) is 5.91 Å². The van der Waals surface area contributed by atoms with E-state index in [1.807, 2.05) is 0 Å². The second kappa shape index (κ2) is 8.45. The van der Waals surface area contributed by atoms with Gasteiger partial charge in [0.1, 0.15) is 10.9 Å². The number of carbonyl (C=O) groups is 2. The number of imide groups is 1. The van der Waals surface area contributed by atoms with Gasteiger partial charge >= 0.3 is 0 Å². The molecule has 10 heteroatoms. The summed E-state index contributed by atoms with van der Waals surface area (Å²) in [5.74, 6) is -1.19. The van der Waals surface area contributed by atoms with Crippen LogP contribution in [0.3, 0.4) is 0 Å². The van der Waals surface area contributed by atoms with E-state index < -0.39 is 27.9 Å². The number of anilines is 1. The quantitative estimate of drug-likeness (QED) is 0.466. The summed E-state index contributed by atoms with van der Waals surface area (Å²) in [6.45, 7) is 3.37. The lowest BCUT2D eigenvalue weighted by molar-refractivity contribution is -0.122. The molecule has 0 aliphatic carbocycles. The van der Waals surface area contributed by atoms with Gasteiger partial charge < -0.3 is 0 Å². The maximum atomic E-state index is 13.3. The van der Waals surface area contributed by atoms with E-state index >= 15 is 0 Å². The van der Waals surface area contributed by atoms with Crippen molar-refractivity contribution in [3.05, 3.63) is 70.2 Å². The van der Waals surface area contributed by atoms with E-state index in [1.165, 1.54) is 48.5 Å². The molecule has 29 heavy (non-hydrogen) atoms. The van der Waals surface area contributed by atoms with E-state index in [9.17, 15) is 18.0 Å². The highest BCUT2D eigenvalue weighted by Gasteiger charge is 2.46. The van der Waals surface area contributed by atoms with Crippen LogP contribution in [0.2, 0.25) is 15.1 Å². The van der Waals surface area contributed by atoms with E-state index in [2.05, 4.69) is 6.58 Å². The van der Waals surface area contributed by atoms with Crippen LogP contribution >= 0.6 is 34.8 Å². The zero-order valence-electron chi connectivity index (χ0n) is 14.9. The predicted octanol–water partition coefficient (Wildman–Crippen LogP) is 4.16. The van der Waals surface area contributed by atoms with E-state index in [0.29, 0.717) is 10.7 Å². The molecule has 1 heterocycles. The molecular weight excluding hydrogens is 459 g/mol. The van der Waals surface area contributed by atoms with Crippen LogP contribution < -0.4 is 4.90 Å². The van der Waals surface area contributed by atoms with E-state index in [1.54, 1.807) is 0 Å². The molecule has 0 N–H and O–H groups in total. The first kappa shape index (κ1) is 21.8. The molecule has 0 radical (unpaired) electrons. The van der Waals surface area contributed by atoms with Crippen molar-refractivity contribution in [3.63, 3.8) is 0 Å². The molecule has 2 amide bonds. The first-order valence-electron chi connectivity index (χ1n) is 8.37. The van der Waals surface area contributed by atoms with Gasteiger partial charge in [-0.1, -0.05) is 40.9 Å². The molecule has 0 saturated carbocycles. The number of nitrogens with zero attached hydrogens (tertiary/aromatic N) is 2. The molecule has 3 rings (SSSR count). The largest absolute Gasteiger partial charge is 0.274 e. The summed E-state index contributed by atoms with van der Waals surface area (Å²) in [5.41, 5.74) is 0.309. The molecule has 0 spiro atoms. The number of carbonyl (C=O) groups excluding carboxylic acids is 2. The van der Waals surface area contributed by atoms with Crippen LogP contribution in [-0.4, -0.2) is 37.1 Å². The molecule has 2 aromatic carbocycles. The summed E-state index contributed by atoms with van der Waals surface area (Å²) < 4.78 is 27.4. The zero-order valence-corrected chi connectivity index (χ0v) is 18.0. The van der Waals surface area contributed by atoms with Crippen molar-refractivity contribution in [2.45, 2.75) is 17.4 Å². The Balaban J connectivity index is 2.02. The normalized spacial score (nSPS) is 17.2. The van der Waals surface area contributed by atoms with Gasteiger partial charge in [-0.05, 0) is 42.5 Å². The third-order valence-electron chi connectivity index (χ3n) is 4.34. The molecule has 1 unspecified atom stereocenters. The SMILES string of the molecule is C=CCN(C1CC(=O)N(c2ccc(Cl)cc2)C1=O)S(=O)(=O)c1cc(Cl)ccc1Cl. The first-order valence-corrected chi connectivity index (χ1v) is 10.9. The number of benzene rings is 2. The Morgan fingerprint density at radius 3 is 2.31 bits per heavy atom. The number of halogens is 3. The number of hydrogen-bond donors (Lipinski definition) is 0. The molecule has 1 atom stereocenters. The fourth-order valence-corrected chi connectivity index (χ4v) is 5.44. The van der Waals surface area contributed by atoms with Crippen LogP contribution in [0.15, 0.2) is 60.0 Å². The van der Waals surface area contributed by atoms with E-state index in [-0.39, 0.29) is 27.9 Å². The summed E-state index contributed by atoms with van der Waals surface area (Å²) in [5, 5.41) is 0.564. The minimum atomic E-state index is -4.24. The minimum absolute atomic E-state index is 0.0465. The molecule has 1 fully saturated rings. The van der Waals surface area contributed by atoms with Gasteiger partial charge in [0, 0.05) is 16.6 Å². The zero-order chi connectivity index (χ0) is 21.3. The van der Waals surface area contributed by atoms with Crippen molar-refractivity contribution >= 4 is 62.3 Å². The topological polar surface area (TPSA) is 74.8 Å². The molecule has 1 saturated heterocycles. The number of hydrogen-bond acceptors (Lipinski definition) is 4. The van der Waals surface area contributed by atoms with Crippen molar-refractivity contribution < 1.29 is 18.0 Å². The van der Waals surface area contributed by atoms with Crippen molar-refractivity contribution in [2.75, 3.05) is 11.4 Å². The summed E-state index contributed by atoms with van der Waals surface area (Å²) in [6.07, 6.45) is 1.02. The number of rotatable bonds is 6. The fourth-order valence-electron chi connectivity index (χ4n) is 3.02. The Kier molecular flexibility index (Phi) is 6.36. The van der Waals surface area contributed by atoms with Gasteiger partial charge in [-0.2, -0.15) is 4.31 Å². The number of amides is 2. The Morgan fingerprint density at radius 2 is 1.69 bits per heavy atom. The van der Waals surface area contributed by atoms with Crippen molar-refractivity contribution in [1.82, 2.24) is 4.31 Å². The third kappa shape index (κ3) is 4.20. The van der Waals surface area contributed by atoms with Crippen LogP contribution in [0.25, 0.3) is 0 Å². The molecular formula is C19H15Cl3N2O4S. The highest BCUT2D eigenvalue weighted by molar-refractivity contribution is 7.89. The minimum Gasteiger partial charge on any atom is -0.274 e. The fraction of sp³-hybridized carbons (Fsp3) is 0.158. The third-order valence-corrected chi connectivity index (χ3v) is 7.19. The van der Waals surface area contributed by atoms with E-state index in [4.69, 9.17) is 34.8 Å². The van der Waals surface area contributed by atoms with Crippen LogP contribution in [-0.2, 0) is 19.6 Å². The lowest BCUT2D eigenvalue weighted by Crippen LogP contribution is -2.45. The van der Waals surface area contributed by atoms with Crippen LogP contribution in [0.4, 0.5) is 5.69 Å². The van der Waals surface area contributed by atoms with Gasteiger partial charge in [-0.25, -0.2) is 13.3 Å². The van der Waals surface area contributed by atoms with Gasteiger partial charge in [0.15, 0.2) is 0 Å². The molecule has 1 aliphatic rings. The van der Waals surface area contributed by atoms with Crippen molar-refractivity contribution in [3.8, 4) is 0 Å². The summed E-state index contributed by atoms with van der Waals surface area (Å²) in [6, 6.07) is 8.87. The second-order valence-corrected chi connectivity index (χ2v) is 9.34. The standard InChI is InChI=1S/C19H15Cl3N2O4S/c1-2-9-23(29(27,28)17-10-13(21)5-8-15(17)22)16-11-18(25)24(19(16)26)14-6-3-12(20)4-7-14/h2-8,10,16H,1,9,11H2. The maximum Gasteiger partial charge on any atom is 0.252 e. The Hall–Kier alpha value is -1.90. The van der Waals surface area contributed by atoms with Gasteiger partial charge in [-0.15, -0.1) is 6.58 Å². The molecule has 6 nitrogen and oxygen atoms in total. The highest BCUT2D eigenvalue weighted by Crippen LogP contribution is 2.33. The van der Waals surface area contributed by atoms with Crippen LogP contribution in [0, 0.1) is 0 Å². The summed E-state index contributed by atoms with van der Waals surface area (Å²) >= 11 is 17.9. The Bertz CT molecular complexity index is 1090. The lowest BCUT2D eigenvalue weighted by Gasteiger charge is -2.26. The molecule has 0 aromatic heterocycles. The number of sulfonamides is 1. The average molecular weight is 474 g/mol. The highest BCUT2D eigenvalue weighted by atomic mass is 35.5. The molecule has 2 aromatic rings. The molecule has 0 bridgehead atoms. The predicted molar refractivity (Wildman–Crippen MR) is 113 cm³/mol. The Labute approximate surface area is 183 Å².